The summed E-state index contributed by atoms with van der Waals surface area (Å²) < 4.78 is 2.16. The molecule has 7 nitrogen and oxygen atoms in total. The van der Waals surface area contributed by atoms with Gasteiger partial charge in [-0.05, 0) is 102 Å². The number of pyridine rings is 1. The second kappa shape index (κ2) is 10.2. The Morgan fingerprint density at radius 3 is 2.60 bits per heavy atom. The average Bonchev–Trinajstić information content (AvgIpc) is 3.29. The van der Waals surface area contributed by atoms with Crippen LogP contribution in [-0.4, -0.2) is 62.7 Å². The van der Waals surface area contributed by atoms with Crippen LogP contribution in [0.1, 0.15) is 57.1 Å². The Morgan fingerprint density at radius 1 is 1.17 bits per heavy atom. The number of nitrogens with zero attached hydrogens (tertiary/aromatic N) is 4. The van der Waals surface area contributed by atoms with Crippen LogP contribution in [0.4, 0.5) is 0 Å². The molecule has 2 N–H and O–H groups in total. The van der Waals surface area contributed by atoms with E-state index in [0.717, 1.165) is 58.5 Å². The molecule has 1 fully saturated rings. The third kappa shape index (κ3) is 4.94. The van der Waals surface area contributed by atoms with Gasteiger partial charge < -0.3 is 24.8 Å². The number of benzene rings is 1. The molecule has 3 aromatic rings. The number of hydrogen-bond acceptors (Lipinski definition) is 4. The maximum absolute atomic E-state index is 11.7. The fourth-order valence-corrected chi connectivity index (χ4v) is 5.32. The van der Waals surface area contributed by atoms with E-state index in [1.807, 2.05) is 37.4 Å². The first kappa shape index (κ1) is 24.9. The van der Waals surface area contributed by atoms with Crippen molar-refractivity contribution in [3.63, 3.8) is 0 Å². The van der Waals surface area contributed by atoms with Crippen molar-refractivity contribution in [2.45, 2.75) is 39.3 Å². The van der Waals surface area contributed by atoms with Gasteiger partial charge in [-0.25, -0.2) is 4.79 Å². The van der Waals surface area contributed by atoms with Crippen molar-refractivity contribution in [2.24, 2.45) is 0 Å². The van der Waals surface area contributed by atoms with Crippen LogP contribution in [0, 0.1) is 20.8 Å². The van der Waals surface area contributed by atoms with Gasteiger partial charge in [0.25, 0.3) is 0 Å². The number of hydrogen-bond donors (Lipinski definition) is 2. The van der Waals surface area contributed by atoms with E-state index < -0.39 is 5.97 Å². The molecule has 0 saturated carbocycles. The highest BCUT2D eigenvalue weighted by atomic mass is 32.1. The first-order valence-corrected chi connectivity index (χ1v) is 12.3. The molecular formula is C27H33N5O2S. The number of thiocarbonyl (C=S) groups is 1. The number of aryl methyl sites for hydroxylation is 2. The molecule has 4 rings (SSSR count). The van der Waals surface area contributed by atoms with E-state index in [2.05, 4.69) is 58.7 Å². The van der Waals surface area contributed by atoms with E-state index in [1.165, 1.54) is 0 Å². The van der Waals surface area contributed by atoms with E-state index in [1.54, 1.807) is 12.1 Å². The Hall–Kier alpha value is -3.23. The first-order chi connectivity index (χ1) is 16.7. The number of carboxylic acids is 1. The Kier molecular flexibility index (Phi) is 7.23. The van der Waals surface area contributed by atoms with Crippen molar-refractivity contribution in [2.75, 3.05) is 27.2 Å². The van der Waals surface area contributed by atoms with Gasteiger partial charge in [0, 0.05) is 29.8 Å². The van der Waals surface area contributed by atoms with E-state index in [0.29, 0.717) is 0 Å². The predicted octanol–water partition coefficient (Wildman–Crippen LogP) is 4.42. The summed E-state index contributed by atoms with van der Waals surface area (Å²) in [6.45, 7) is 7.98. The smallest absolute Gasteiger partial charge is 0.335 e. The molecule has 2 aromatic heterocycles. The fraction of sp³-hybridized carbons (Fsp3) is 0.370. The van der Waals surface area contributed by atoms with Crippen molar-refractivity contribution < 1.29 is 9.90 Å². The van der Waals surface area contributed by atoms with E-state index in [9.17, 15) is 9.90 Å². The summed E-state index contributed by atoms with van der Waals surface area (Å²) in [5.41, 5.74) is 6.41. The molecule has 0 amide bonds. The third-order valence-corrected chi connectivity index (χ3v) is 7.04. The summed E-state index contributed by atoms with van der Waals surface area (Å²) in [5, 5.41) is 13.8. The Morgan fingerprint density at radius 2 is 1.94 bits per heavy atom. The molecule has 0 aliphatic carbocycles. The molecule has 0 spiro atoms. The Labute approximate surface area is 212 Å². The summed E-state index contributed by atoms with van der Waals surface area (Å²) in [4.78, 5) is 20.8. The third-order valence-electron chi connectivity index (χ3n) is 6.69. The van der Waals surface area contributed by atoms with Crippen molar-refractivity contribution in [1.29, 1.82) is 0 Å². The second-order valence-corrected chi connectivity index (χ2v) is 9.83. The van der Waals surface area contributed by atoms with E-state index in [-0.39, 0.29) is 17.6 Å². The SMILES string of the molecule is Cc1ccc(C(=O)O)cc1-n1c(C)cc([C@@H]2[C@@H](c3ccccn3)NC(=S)N2CCCN(C)C)c1C. The minimum Gasteiger partial charge on any atom is -0.478 e. The lowest BCUT2D eigenvalue weighted by Gasteiger charge is -2.28. The molecule has 1 aliphatic heterocycles. The highest BCUT2D eigenvalue weighted by Gasteiger charge is 2.41. The summed E-state index contributed by atoms with van der Waals surface area (Å²) in [5.74, 6) is -0.929. The highest BCUT2D eigenvalue weighted by Crippen LogP contribution is 2.41. The van der Waals surface area contributed by atoms with Gasteiger partial charge in [-0.2, -0.15) is 0 Å². The Balaban J connectivity index is 1.81. The first-order valence-electron chi connectivity index (χ1n) is 11.8. The van der Waals surface area contributed by atoms with Crippen LogP contribution >= 0.6 is 12.2 Å². The average molecular weight is 492 g/mol. The van der Waals surface area contributed by atoms with Crippen molar-refractivity contribution in [3.8, 4) is 5.69 Å². The normalized spacial score (nSPS) is 17.8. The molecule has 0 unspecified atom stereocenters. The molecule has 8 heteroatoms. The minimum atomic E-state index is -0.929. The maximum Gasteiger partial charge on any atom is 0.335 e. The molecule has 35 heavy (non-hydrogen) atoms. The second-order valence-electron chi connectivity index (χ2n) is 9.45. The van der Waals surface area contributed by atoms with Gasteiger partial charge >= 0.3 is 5.97 Å². The van der Waals surface area contributed by atoms with Crippen LogP contribution in [-0.2, 0) is 0 Å². The van der Waals surface area contributed by atoms with Crippen LogP contribution in [0.3, 0.4) is 0 Å². The van der Waals surface area contributed by atoms with E-state index in [4.69, 9.17) is 12.2 Å². The van der Waals surface area contributed by atoms with E-state index >= 15 is 0 Å². The van der Waals surface area contributed by atoms with Gasteiger partial charge in [0.2, 0.25) is 0 Å². The highest BCUT2D eigenvalue weighted by molar-refractivity contribution is 7.80. The summed E-state index contributed by atoms with van der Waals surface area (Å²) >= 11 is 5.82. The van der Waals surface area contributed by atoms with Gasteiger partial charge in [-0.1, -0.05) is 12.1 Å². The molecule has 1 saturated heterocycles. The monoisotopic (exact) mass is 491 g/mol. The van der Waals surface area contributed by atoms with Gasteiger partial charge in [-0.3, -0.25) is 4.98 Å². The lowest BCUT2D eigenvalue weighted by Crippen LogP contribution is -2.32. The van der Waals surface area contributed by atoms with Crippen molar-refractivity contribution in [1.82, 2.24) is 24.7 Å². The quantitative estimate of drug-likeness (QED) is 0.452. The number of carboxylic acid groups (broad SMARTS) is 1. The largest absolute Gasteiger partial charge is 0.478 e. The van der Waals surface area contributed by atoms with Crippen LogP contribution in [0.25, 0.3) is 5.69 Å². The van der Waals surface area contributed by atoms with Gasteiger partial charge in [-0.15, -0.1) is 0 Å². The van der Waals surface area contributed by atoms with Crippen LogP contribution in [0.15, 0.2) is 48.7 Å². The topological polar surface area (TPSA) is 73.6 Å². The van der Waals surface area contributed by atoms with Crippen LogP contribution in [0.5, 0.6) is 0 Å². The molecule has 3 heterocycles. The standard InChI is InChI=1S/C27H33N5O2S/c1-17-10-11-20(26(33)34)16-23(17)32-18(2)15-21(19(32)3)25-24(22-9-6-7-12-28-22)29-27(35)31(25)14-8-13-30(4)5/h6-7,9-12,15-16,24-25H,8,13-14H2,1-5H3,(H,29,35)(H,33,34)/t24-,25-/m1/s1. The van der Waals surface area contributed by atoms with Gasteiger partial charge in [0.05, 0.1) is 23.3 Å². The molecule has 0 radical (unpaired) electrons. The predicted molar refractivity (Wildman–Crippen MR) is 142 cm³/mol. The minimum absolute atomic E-state index is 0.0255. The zero-order valence-electron chi connectivity index (χ0n) is 20.9. The number of carbonyl (C=O) groups is 1. The summed E-state index contributed by atoms with van der Waals surface area (Å²) in [7, 11) is 4.16. The van der Waals surface area contributed by atoms with Crippen molar-refractivity contribution >= 4 is 23.3 Å². The van der Waals surface area contributed by atoms with Gasteiger partial charge in [0.15, 0.2) is 5.11 Å². The summed E-state index contributed by atoms with van der Waals surface area (Å²) in [6.07, 6.45) is 2.80. The van der Waals surface area contributed by atoms with Crippen LogP contribution < -0.4 is 5.32 Å². The Bertz CT molecular complexity index is 1240. The molecule has 0 bridgehead atoms. The lowest BCUT2D eigenvalue weighted by atomic mass is 9.96. The number of aromatic carboxylic acids is 1. The maximum atomic E-state index is 11.7. The number of aromatic nitrogens is 2. The zero-order valence-corrected chi connectivity index (χ0v) is 21.8. The van der Waals surface area contributed by atoms with Crippen LogP contribution in [0.2, 0.25) is 0 Å². The lowest BCUT2D eigenvalue weighted by molar-refractivity contribution is 0.0697. The fourth-order valence-electron chi connectivity index (χ4n) is 4.98. The molecule has 1 aromatic carbocycles. The molecule has 2 atom stereocenters. The number of rotatable bonds is 8. The van der Waals surface area contributed by atoms with Gasteiger partial charge in [0.1, 0.15) is 0 Å². The number of nitrogens with one attached hydrogen (secondary N) is 1. The van der Waals surface area contributed by atoms with Crippen molar-refractivity contribution in [3.05, 3.63) is 82.4 Å². The summed E-state index contributed by atoms with van der Waals surface area (Å²) in [6, 6.07) is 13.3. The molecule has 1 aliphatic rings. The zero-order chi connectivity index (χ0) is 25.3. The molecular weight excluding hydrogens is 458 g/mol. The molecule has 184 valence electrons.